The van der Waals surface area contributed by atoms with Gasteiger partial charge in [0.15, 0.2) is 0 Å². The maximum atomic E-state index is 12.2. The topological polar surface area (TPSA) is 49.3 Å². The number of aliphatic hydroxyl groups is 1. The van der Waals surface area contributed by atoms with Gasteiger partial charge >= 0.3 is 0 Å². The summed E-state index contributed by atoms with van der Waals surface area (Å²) in [6, 6.07) is 10.9. The number of benzene rings is 1. The lowest BCUT2D eigenvalue weighted by atomic mass is 9.93. The second-order valence-electron chi connectivity index (χ2n) is 6.99. The number of hydrogen-bond acceptors (Lipinski definition) is 2. The van der Waals surface area contributed by atoms with Crippen LogP contribution in [0.15, 0.2) is 30.3 Å². The summed E-state index contributed by atoms with van der Waals surface area (Å²) >= 11 is 0. The molecule has 0 aliphatic heterocycles. The molecule has 1 aromatic carbocycles. The Labute approximate surface area is 133 Å². The minimum Gasteiger partial charge on any atom is -0.393 e. The molecule has 2 unspecified atom stereocenters. The number of rotatable bonds is 6. The molecule has 2 aliphatic rings. The molecule has 3 heteroatoms. The van der Waals surface area contributed by atoms with E-state index >= 15 is 0 Å². The summed E-state index contributed by atoms with van der Waals surface area (Å²) in [5.74, 6) is 1.10. The first kappa shape index (κ1) is 15.5. The van der Waals surface area contributed by atoms with E-state index in [2.05, 4.69) is 35.6 Å². The predicted octanol–water partition coefficient (Wildman–Crippen LogP) is 3.07. The zero-order chi connectivity index (χ0) is 15.4. The predicted molar refractivity (Wildman–Crippen MR) is 87.4 cm³/mol. The van der Waals surface area contributed by atoms with Crippen molar-refractivity contribution < 1.29 is 9.90 Å². The molecule has 0 aromatic heterocycles. The fourth-order valence-electron chi connectivity index (χ4n) is 3.63. The molecule has 120 valence electrons. The van der Waals surface area contributed by atoms with Gasteiger partial charge in [0.05, 0.1) is 6.10 Å². The number of carbonyl (C=O) groups excluding carboxylic acids is 1. The van der Waals surface area contributed by atoms with E-state index in [4.69, 9.17) is 0 Å². The van der Waals surface area contributed by atoms with E-state index in [1.807, 2.05) is 0 Å². The maximum absolute atomic E-state index is 12.2. The lowest BCUT2D eigenvalue weighted by Gasteiger charge is -2.26. The van der Waals surface area contributed by atoms with Crippen LogP contribution in [0.4, 0.5) is 0 Å². The molecule has 2 fully saturated rings. The zero-order valence-corrected chi connectivity index (χ0v) is 13.2. The van der Waals surface area contributed by atoms with Crippen molar-refractivity contribution in [3.8, 4) is 0 Å². The summed E-state index contributed by atoms with van der Waals surface area (Å²) in [7, 11) is 0. The summed E-state index contributed by atoms with van der Waals surface area (Å²) in [4.78, 5) is 12.2. The Kier molecular flexibility index (Phi) is 5.14. The van der Waals surface area contributed by atoms with E-state index in [9.17, 15) is 9.90 Å². The van der Waals surface area contributed by atoms with Crippen LogP contribution in [0.3, 0.4) is 0 Å². The van der Waals surface area contributed by atoms with Crippen LogP contribution in [0.5, 0.6) is 0 Å². The number of nitrogens with one attached hydrogen (secondary N) is 1. The van der Waals surface area contributed by atoms with Gasteiger partial charge in [-0.2, -0.15) is 0 Å². The largest absolute Gasteiger partial charge is 0.393 e. The van der Waals surface area contributed by atoms with Crippen molar-refractivity contribution in [2.45, 2.75) is 63.5 Å². The summed E-state index contributed by atoms with van der Waals surface area (Å²) in [5.41, 5.74) is 1.39. The van der Waals surface area contributed by atoms with E-state index in [1.165, 1.54) is 12.0 Å². The van der Waals surface area contributed by atoms with Crippen LogP contribution < -0.4 is 5.32 Å². The van der Waals surface area contributed by atoms with Gasteiger partial charge in [-0.3, -0.25) is 4.79 Å². The van der Waals surface area contributed by atoms with Crippen molar-refractivity contribution >= 4 is 5.91 Å². The van der Waals surface area contributed by atoms with Gasteiger partial charge in [0.25, 0.3) is 0 Å². The first-order valence-electron chi connectivity index (χ1n) is 8.74. The van der Waals surface area contributed by atoms with Gasteiger partial charge in [-0.1, -0.05) is 30.3 Å². The minimum atomic E-state index is -0.153. The van der Waals surface area contributed by atoms with Crippen LogP contribution >= 0.6 is 0 Å². The molecule has 3 nitrogen and oxygen atoms in total. The van der Waals surface area contributed by atoms with E-state index in [0.717, 1.165) is 44.9 Å². The number of aryl methyl sites for hydroxylation is 1. The van der Waals surface area contributed by atoms with E-state index in [1.54, 1.807) is 0 Å². The molecule has 2 saturated carbocycles. The van der Waals surface area contributed by atoms with Crippen molar-refractivity contribution in [1.82, 2.24) is 5.32 Å². The molecule has 22 heavy (non-hydrogen) atoms. The molecule has 0 bridgehead atoms. The highest BCUT2D eigenvalue weighted by Crippen LogP contribution is 2.42. The van der Waals surface area contributed by atoms with Gasteiger partial charge in [0.2, 0.25) is 5.91 Å². The van der Waals surface area contributed by atoms with Crippen LogP contribution in [-0.2, 0) is 11.2 Å². The molecule has 0 radical (unpaired) electrons. The SMILES string of the molecule is O=C(NC1CCC(O)CC1)C1CC1CCCc1ccccc1. The number of carbonyl (C=O) groups is 1. The normalized spacial score (nSPS) is 30.8. The number of hydrogen-bond donors (Lipinski definition) is 2. The lowest BCUT2D eigenvalue weighted by Crippen LogP contribution is -2.39. The van der Waals surface area contributed by atoms with Gasteiger partial charge < -0.3 is 10.4 Å². The monoisotopic (exact) mass is 301 g/mol. The van der Waals surface area contributed by atoms with Crippen molar-refractivity contribution in [3.63, 3.8) is 0 Å². The Morgan fingerprint density at radius 1 is 1.14 bits per heavy atom. The van der Waals surface area contributed by atoms with Crippen LogP contribution in [0.1, 0.15) is 50.5 Å². The fraction of sp³-hybridized carbons (Fsp3) is 0.632. The summed E-state index contributed by atoms with van der Waals surface area (Å²) < 4.78 is 0. The molecule has 2 atom stereocenters. The summed E-state index contributed by atoms with van der Waals surface area (Å²) in [5, 5.41) is 12.7. The number of amides is 1. The minimum absolute atomic E-state index is 0.153. The van der Waals surface area contributed by atoms with Crippen LogP contribution in [0.25, 0.3) is 0 Å². The second kappa shape index (κ2) is 7.28. The van der Waals surface area contributed by atoms with Gasteiger partial charge in [0.1, 0.15) is 0 Å². The Morgan fingerprint density at radius 3 is 2.59 bits per heavy atom. The Bertz CT molecular complexity index is 479. The number of aliphatic hydroxyl groups excluding tert-OH is 1. The highest BCUT2D eigenvalue weighted by molar-refractivity contribution is 5.81. The van der Waals surface area contributed by atoms with E-state index in [0.29, 0.717) is 12.0 Å². The first-order valence-corrected chi connectivity index (χ1v) is 8.74. The molecule has 1 aromatic rings. The van der Waals surface area contributed by atoms with Crippen molar-refractivity contribution in [1.29, 1.82) is 0 Å². The highest BCUT2D eigenvalue weighted by Gasteiger charge is 2.42. The summed E-state index contributed by atoms with van der Waals surface area (Å²) in [6.45, 7) is 0. The molecule has 2 aliphatic carbocycles. The molecule has 0 heterocycles. The Hall–Kier alpha value is -1.35. The van der Waals surface area contributed by atoms with E-state index < -0.39 is 0 Å². The standard InChI is InChI=1S/C19H27NO2/c21-17-11-9-16(10-12-17)20-19(22)18-13-15(18)8-4-7-14-5-2-1-3-6-14/h1-3,5-6,15-18,21H,4,7-13H2,(H,20,22). The van der Waals surface area contributed by atoms with Gasteiger partial charge in [-0.15, -0.1) is 0 Å². The molecular weight excluding hydrogens is 274 g/mol. The Balaban J connectivity index is 1.32. The molecule has 3 rings (SSSR count). The van der Waals surface area contributed by atoms with Crippen molar-refractivity contribution in [2.75, 3.05) is 0 Å². The van der Waals surface area contributed by atoms with Crippen molar-refractivity contribution in [2.24, 2.45) is 11.8 Å². The van der Waals surface area contributed by atoms with Gasteiger partial charge in [-0.25, -0.2) is 0 Å². The van der Waals surface area contributed by atoms with E-state index in [-0.39, 0.29) is 17.9 Å². The van der Waals surface area contributed by atoms with Crippen LogP contribution in [0.2, 0.25) is 0 Å². The third-order valence-corrected chi connectivity index (χ3v) is 5.19. The molecule has 2 N–H and O–H groups in total. The molecule has 0 saturated heterocycles. The highest BCUT2D eigenvalue weighted by atomic mass is 16.3. The third-order valence-electron chi connectivity index (χ3n) is 5.19. The lowest BCUT2D eigenvalue weighted by molar-refractivity contribution is -0.123. The van der Waals surface area contributed by atoms with Crippen LogP contribution in [0, 0.1) is 11.8 Å². The molecule has 1 amide bonds. The van der Waals surface area contributed by atoms with Gasteiger partial charge in [-0.05, 0) is 62.8 Å². The summed E-state index contributed by atoms with van der Waals surface area (Å²) in [6.07, 6.45) is 7.88. The quantitative estimate of drug-likeness (QED) is 0.848. The fourth-order valence-corrected chi connectivity index (χ4v) is 3.63. The molecule has 0 spiro atoms. The average molecular weight is 301 g/mol. The molecular formula is C19H27NO2. The van der Waals surface area contributed by atoms with Crippen LogP contribution in [-0.4, -0.2) is 23.2 Å². The zero-order valence-electron chi connectivity index (χ0n) is 13.2. The third kappa shape index (κ3) is 4.33. The average Bonchev–Trinajstić information content (AvgIpc) is 3.30. The van der Waals surface area contributed by atoms with Gasteiger partial charge in [0, 0.05) is 12.0 Å². The smallest absolute Gasteiger partial charge is 0.223 e. The first-order chi connectivity index (χ1) is 10.7. The second-order valence-corrected chi connectivity index (χ2v) is 6.99. The maximum Gasteiger partial charge on any atom is 0.223 e. The Morgan fingerprint density at radius 2 is 1.86 bits per heavy atom. The van der Waals surface area contributed by atoms with Crippen molar-refractivity contribution in [3.05, 3.63) is 35.9 Å².